The molecule has 0 aliphatic carbocycles. The Hall–Kier alpha value is -2.03. The van der Waals surface area contributed by atoms with Gasteiger partial charge in [-0.3, -0.25) is 4.98 Å². The summed E-state index contributed by atoms with van der Waals surface area (Å²) < 4.78 is 2.01. The van der Waals surface area contributed by atoms with Crippen LogP contribution in [-0.4, -0.2) is 24.7 Å². The van der Waals surface area contributed by atoms with E-state index in [1.165, 1.54) is 5.56 Å². The highest BCUT2D eigenvalue weighted by Crippen LogP contribution is 2.29. The van der Waals surface area contributed by atoms with Gasteiger partial charge in [0.05, 0.1) is 5.69 Å². The Bertz CT molecular complexity index is 928. The Labute approximate surface area is 151 Å². The van der Waals surface area contributed by atoms with Crippen molar-refractivity contribution in [3.63, 3.8) is 0 Å². The average molecular weight is 372 g/mol. The molecule has 0 spiro atoms. The molecule has 0 aromatic carbocycles. The Morgan fingerprint density at radius 2 is 1.96 bits per heavy atom. The number of thiophene rings is 1. The van der Waals surface area contributed by atoms with E-state index in [0.29, 0.717) is 0 Å². The number of pyridine rings is 1. The summed E-state index contributed by atoms with van der Waals surface area (Å²) in [5.74, 6) is 1.63. The van der Waals surface area contributed by atoms with Gasteiger partial charge in [0.2, 0.25) is 0 Å². The van der Waals surface area contributed by atoms with Gasteiger partial charge in [-0.25, -0.2) is 4.98 Å². The lowest BCUT2D eigenvalue weighted by Gasteiger charge is -2.02. The molecular weight excluding hydrogens is 358 g/mol. The molecule has 0 atom stereocenters. The van der Waals surface area contributed by atoms with E-state index in [4.69, 9.17) is 4.98 Å². The van der Waals surface area contributed by atoms with Crippen molar-refractivity contribution < 1.29 is 0 Å². The van der Waals surface area contributed by atoms with Crippen LogP contribution in [0.3, 0.4) is 0 Å². The fourth-order valence-corrected chi connectivity index (χ4v) is 4.66. The third kappa shape index (κ3) is 3.12. The van der Waals surface area contributed by atoms with E-state index in [1.54, 1.807) is 46.8 Å². The number of hydrogen-bond donors (Lipinski definition) is 0. The fourth-order valence-electron chi connectivity index (χ4n) is 2.22. The topological polar surface area (TPSA) is 56.5 Å². The number of nitrogens with zero attached hydrogens (tertiary/aromatic N) is 5. The molecule has 0 fully saturated rings. The van der Waals surface area contributed by atoms with E-state index in [2.05, 4.69) is 37.4 Å². The predicted molar refractivity (Wildman–Crippen MR) is 99.2 cm³/mol. The number of aromatic nitrogens is 5. The Balaban J connectivity index is 1.48. The van der Waals surface area contributed by atoms with E-state index < -0.39 is 0 Å². The molecule has 4 aromatic rings. The predicted octanol–water partition coefficient (Wildman–Crippen LogP) is 4.35. The summed E-state index contributed by atoms with van der Waals surface area (Å²) in [6.45, 7) is 0. The van der Waals surface area contributed by atoms with E-state index in [0.717, 1.165) is 33.0 Å². The van der Waals surface area contributed by atoms with E-state index in [1.807, 2.05) is 23.7 Å². The molecule has 0 N–H and O–H groups in total. The van der Waals surface area contributed by atoms with Gasteiger partial charge in [0.15, 0.2) is 11.0 Å². The first-order valence-electron chi connectivity index (χ1n) is 7.21. The summed E-state index contributed by atoms with van der Waals surface area (Å²) in [4.78, 5) is 8.74. The van der Waals surface area contributed by atoms with Gasteiger partial charge in [0.1, 0.15) is 5.01 Å². The maximum absolute atomic E-state index is 4.70. The lowest BCUT2D eigenvalue weighted by Crippen LogP contribution is -1.95. The van der Waals surface area contributed by atoms with Gasteiger partial charge in [-0.15, -0.1) is 21.5 Å². The van der Waals surface area contributed by atoms with Gasteiger partial charge in [-0.05, 0) is 23.6 Å². The molecule has 0 radical (unpaired) electrons. The minimum absolute atomic E-state index is 0.781. The van der Waals surface area contributed by atoms with Crippen LogP contribution >= 0.6 is 34.4 Å². The highest BCUT2D eigenvalue weighted by molar-refractivity contribution is 7.98. The van der Waals surface area contributed by atoms with Gasteiger partial charge in [0, 0.05) is 47.1 Å². The monoisotopic (exact) mass is 371 g/mol. The summed E-state index contributed by atoms with van der Waals surface area (Å²) in [7, 11) is 1.98. The van der Waals surface area contributed by atoms with Crippen molar-refractivity contribution in [1.82, 2.24) is 24.7 Å². The molecule has 5 nitrogen and oxygen atoms in total. The molecule has 24 heavy (non-hydrogen) atoms. The molecule has 120 valence electrons. The van der Waals surface area contributed by atoms with Gasteiger partial charge >= 0.3 is 0 Å². The summed E-state index contributed by atoms with van der Waals surface area (Å²) in [6, 6.07) is 5.97. The van der Waals surface area contributed by atoms with Gasteiger partial charge < -0.3 is 4.57 Å². The molecule has 0 saturated carbocycles. The number of thiazole rings is 1. The largest absolute Gasteiger partial charge is 0.305 e. The molecule has 0 aliphatic heterocycles. The normalized spacial score (nSPS) is 11.0. The van der Waals surface area contributed by atoms with Gasteiger partial charge in [0.25, 0.3) is 0 Å². The van der Waals surface area contributed by atoms with Crippen LogP contribution in [0.1, 0.15) is 5.69 Å². The lowest BCUT2D eigenvalue weighted by molar-refractivity contribution is 0.793. The zero-order valence-corrected chi connectivity index (χ0v) is 15.2. The van der Waals surface area contributed by atoms with Crippen molar-refractivity contribution in [3.05, 3.63) is 52.4 Å². The first-order valence-corrected chi connectivity index (χ1v) is 10.0. The van der Waals surface area contributed by atoms with Crippen molar-refractivity contribution in [2.75, 3.05) is 0 Å². The first-order chi connectivity index (χ1) is 11.8. The molecule has 0 aliphatic rings. The van der Waals surface area contributed by atoms with Gasteiger partial charge in [-0.2, -0.15) is 11.3 Å². The smallest absolute Gasteiger partial charge is 0.191 e. The number of thioether (sulfide) groups is 1. The van der Waals surface area contributed by atoms with Crippen LogP contribution in [0.2, 0.25) is 0 Å². The van der Waals surface area contributed by atoms with Crippen LogP contribution in [0.4, 0.5) is 0 Å². The molecule has 4 heterocycles. The van der Waals surface area contributed by atoms with Crippen LogP contribution in [-0.2, 0) is 12.8 Å². The van der Waals surface area contributed by atoms with Crippen molar-refractivity contribution in [2.24, 2.45) is 7.05 Å². The van der Waals surface area contributed by atoms with Crippen molar-refractivity contribution in [2.45, 2.75) is 10.9 Å². The second-order valence-electron chi connectivity index (χ2n) is 5.05. The second-order valence-corrected chi connectivity index (χ2v) is 7.63. The van der Waals surface area contributed by atoms with Crippen LogP contribution in [0.25, 0.3) is 22.0 Å². The summed E-state index contributed by atoms with van der Waals surface area (Å²) in [6.07, 6.45) is 3.52. The minimum atomic E-state index is 0.781. The Morgan fingerprint density at radius 1 is 1.08 bits per heavy atom. The number of hydrogen-bond acceptors (Lipinski definition) is 7. The highest BCUT2D eigenvalue weighted by atomic mass is 32.2. The maximum atomic E-state index is 4.70. The van der Waals surface area contributed by atoms with Crippen molar-refractivity contribution in [1.29, 1.82) is 0 Å². The fraction of sp³-hybridized carbons (Fsp3) is 0.125. The highest BCUT2D eigenvalue weighted by Gasteiger charge is 2.12. The SMILES string of the molecule is Cn1c(SCc2csc(-c3ccsc3)n2)nnc1-c1ccncc1. The van der Waals surface area contributed by atoms with E-state index in [-0.39, 0.29) is 0 Å². The molecule has 4 rings (SSSR count). The summed E-state index contributed by atoms with van der Waals surface area (Å²) in [5, 5.41) is 16.9. The lowest BCUT2D eigenvalue weighted by atomic mass is 10.2. The third-order valence-electron chi connectivity index (χ3n) is 3.44. The molecule has 4 aromatic heterocycles. The maximum Gasteiger partial charge on any atom is 0.191 e. The Kier molecular flexibility index (Phi) is 4.42. The van der Waals surface area contributed by atoms with E-state index in [9.17, 15) is 0 Å². The minimum Gasteiger partial charge on any atom is -0.305 e. The van der Waals surface area contributed by atoms with Crippen LogP contribution < -0.4 is 0 Å². The van der Waals surface area contributed by atoms with Crippen LogP contribution in [0.15, 0.2) is 51.9 Å². The standard InChI is InChI=1S/C16H13N5S3/c1-21-14(11-2-5-17-6-3-11)19-20-16(21)24-10-13-9-23-15(18-13)12-4-7-22-8-12/h2-9H,10H2,1H3. The second kappa shape index (κ2) is 6.84. The molecular formula is C16H13N5S3. The molecule has 8 heteroatoms. The first kappa shape index (κ1) is 15.5. The quantitative estimate of drug-likeness (QED) is 0.488. The molecule has 0 unspecified atom stereocenters. The van der Waals surface area contributed by atoms with E-state index >= 15 is 0 Å². The molecule has 0 amide bonds. The Morgan fingerprint density at radius 3 is 2.75 bits per heavy atom. The van der Waals surface area contributed by atoms with Crippen LogP contribution in [0, 0.1) is 0 Å². The average Bonchev–Trinajstić information content (AvgIpc) is 3.35. The molecule has 0 bridgehead atoms. The summed E-state index contributed by atoms with van der Waals surface area (Å²) in [5.41, 5.74) is 3.28. The van der Waals surface area contributed by atoms with Crippen molar-refractivity contribution in [3.8, 4) is 22.0 Å². The zero-order valence-electron chi connectivity index (χ0n) is 12.8. The van der Waals surface area contributed by atoms with Gasteiger partial charge in [-0.1, -0.05) is 11.8 Å². The van der Waals surface area contributed by atoms with Crippen molar-refractivity contribution >= 4 is 34.4 Å². The number of rotatable bonds is 5. The molecule has 0 saturated heterocycles. The summed E-state index contributed by atoms with van der Waals surface area (Å²) >= 11 is 5.02. The van der Waals surface area contributed by atoms with Crippen LogP contribution in [0.5, 0.6) is 0 Å². The zero-order chi connectivity index (χ0) is 16.4. The third-order valence-corrected chi connectivity index (χ3v) is 6.12.